The Morgan fingerprint density at radius 2 is 2.00 bits per heavy atom. The molecular weight excluding hydrogens is 224 g/mol. The van der Waals surface area contributed by atoms with E-state index in [1.807, 2.05) is 0 Å². The van der Waals surface area contributed by atoms with Crippen LogP contribution < -0.4 is 8.37 Å². The average Bonchev–Trinajstić information content (AvgIpc) is 2.12. The third kappa shape index (κ3) is 1.44. The van der Waals surface area contributed by atoms with Gasteiger partial charge < -0.3 is 18.6 Å². The van der Waals surface area contributed by atoms with Crippen LogP contribution >= 0.6 is 0 Å². The molecule has 0 radical (unpaired) electrons. The van der Waals surface area contributed by atoms with E-state index >= 15 is 0 Å². The summed E-state index contributed by atoms with van der Waals surface area (Å²) in [5, 5.41) is 18.6. The standard InChI is InChI=1S/C8H8O6S/c1-2-4-6-3-5(9)7(10)8(4)14-15(11,12)13-6/h3,9-10H,2H2,1H3. The van der Waals surface area contributed by atoms with Gasteiger partial charge in [-0.2, -0.15) is 0 Å². The van der Waals surface area contributed by atoms with Crippen LogP contribution in [0.3, 0.4) is 0 Å². The van der Waals surface area contributed by atoms with Crippen LogP contribution in [0.2, 0.25) is 0 Å². The molecule has 0 unspecified atom stereocenters. The number of aromatic hydroxyl groups is 2. The van der Waals surface area contributed by atoms with E-state index < -0.39 is 21.9 Å². The molecule has 82 valence electrons. The van der Waals surface area contributed by atoms with E-state index in [0.29, 0.717) is 12.0 Å². The topological polar surface area (TPSA) is 93.1 Å². The van der Waals surface area contributed by atoms with Gasteiger partial charge in [0.05, 0.1) is 0 Å². The summed E-state index contributed by atoms with van der Waals surface area (Å²) in [6.45, 7) is 1.74. The maximum Gasteiger partial charge on any atom is 0.501 e. The van der Waals surface area contributed by atoms with E-state index in [2.05, 4.69) is 8.37 Å². The van der Waals surface area contributed by atoms with E-state index in [4.69, 9.17) is 0 Å². The van der Waals surface area contributed by atoms with Crippen molar-refractivity contribution in [2.75, 3.05) is 0 Å². The third-order valence-corrected chi connectivity index (χ3v) is 2.78. The van der Waals surface area contributed by atoms with Crippen molar-refractivity contribution in [2.45, 2.75) is 13.3 Å². The summed E-state index contributed by atoms with van der Waals surface area (Å²) in [5.41, 5.74) is 0.403. The molecule has 0 atom stereocenters. The second-order valence-electron chi connectivity index (χ2n) is 2.98. The Morgan fingerprint density at radius 1 is 1.33 bits per heavy atom. The fourth-order valence-corrected chi connectivity index (χ4v) is 2.17. The van der Waals surface area contributed by atoms with Crippen molar-refractivity contribution in [1.29, 1.82) is 0 Å². The maximum absolute atomic E-state index is 11.0. The fourth-order valence-electron chi connectivity index (χ4n) is 1.38. The van der Waals surface area contributed by atoms with Crippen LogP contribution in [-0.4, -0.2) is 18.6 Å². The molecule has 1 aromatic carbocycles. The molecule has 1 aliphatic heterocycles. The molecule has 0 spiro atoms. The van der Waals surface area contributed by atoms with E-state index in [1.54, 1.807) is 6.92 Å². The Kier molecular flexibility index (Phi) is 1.93. The zero-order chi connectivity index (χ0) is 11.2. The van der Waals surface area contributed by atoms with Crippen LogP contribution in [0, 0.1) is 0 Å². The number of fused-ring (bicyclic) bond motifs is 2. The molecule has 15 heavy (non-hydrogen) atoms. The lowest BCUT2D eigenvalue weighted by Gasteiger charge is -2.20. The van der Waals surface area contributed by atoms with Crippen molar-refractivity contribution in [3.63, 3.8) is 0 Å². The number of rotatable bonds is 1. The Bertz CT molecular complexity index is 518. The zero-order valence-electron chi connectivity index (χ0n) is 7.72. The highest BCUT2D eigenvalue weighted by molar-refractivity contribution is 7.82. The van der Waals surface area contributed by atoms with Crippen molar-refractivity contribution in [3.05, 3.63) is 11.6 Å². The van der Waals surface area contributed by atoms with Gasteiger partial charge in [-0.15, -0.1) is 8.42 Å². The van der Waals surface area contributed by atoms with Crippen LogP contribution in [0.1, 0.15) is 12.5 Å². The fraction of sp³-hybridized carbons (Fsp3) is 0.250. The SMILES string of the molecule is CCc1c2cc(O)c(O)c1OS(=O)(=O)O2. The number of benzene rings is 1. The van der Waals surface area contributed by atoms with Crippen molar-refractivity contribution in [2.24, 2.45) is 0 Å². The van der Waals surface area contributed by atoms with Crippen LogP contribution in [0.15, 0.2) is 6.07 Å². The monoisotopic (exact) mass is 232 g/mol. The Morgan fingerprint density at radius 3 is 2.60 bits per heavy atom. The summed E-state index contributed by atoms with van der Waals surface area (Å²) >= 11 is 0. The molecule has 7 heteroatoms. The van der Waals surface area contributed by atoms with Gasteiger partial charge >= 0.3 is 10.4 Å². The first-order valence-electron chi connectivity index (χ1n) is 4.16. The first kappa shape index (κ1) is 9.91. The third-order valence-electron chi connectivity index (χ3n) is 2.03. The molecule has 0 fully saturated rings. The van der Waals surface area contributed by atoms with Gasteiger partial charge in [0, 0.05) is 11.6 Å². The van der Waals surface area contributed by atoms with E-state index in [0.717, 1.165) is 6.07 Å². The molecule has 2 N–H and O–H groups in total. The lowest BCUT2D eigenvalue weighted by Crippen LogP contribution is -2.22. The minimum absolute atomic E-state index is 0.0194. The predicted octanol–water partition coefficient (Wildman–Crippen LogP) is 0.676. The average molecular weight is 232 g/mol. The molecule has 0 aliphatic carbocycles. The van der Waals surface area contributed by atoms with Gasteiger partial charge in [-0.05, 0) is 6.42 Å². The molecule has 1 aliphatic rings. The molecule has 6 nitrogen and oxygen atoms in total. The largest absolute Gasteiger partial charge is 0.504 e. The van der Waals surface area contributed by atoms with E-state index in [9.17, 15) is 18.6 Å². The summed E-state index contributed by atoms with van der Waals surface area (Å²) in [5.74, 6) is -1.36. The van der Waals surface area contributed by atoms with Crippen LogP contribution in [0.25, 0.3) is 0 Å². The lowest BCUT2D eigenvalue weighted by atomic mass is 10.1. The van der Waals surface area contributed by atoms with Gasteiger partial charge in [0.15, 0.2) is 17.2 Å². The normalized spacial score (nSPS) is 16.6. The van der Waals surface area contributed by atoms with Crippen molar-refractivity contribution in [3.8, 4) is 23.0 Å². The molecule has 0 amide bonds. The maximum atomic E-state index is 11.0. The molecule has 0 saturated carbocycles. The van der Waals surface area contributed by atoms with Crippen LogP contribution in [0.5, 0.6) is 23.0 Å². The first-order chi connectivity index (χ1) is 6.94. The van der Waals surface area contributed by atoms with Crippen molar-refractivity contribution >= 4 is 10.4 Å². The highest BCUT2D eigenvalue weighted by Gasteiger charge is 2.32. The molecular formula is C8H8O6S. The number of phenolic OH excluding ortho intramolecular Hbond substituents is 2. The Labute approximate surface area is 86.0 Å². The Balaban J connectivity index is 2.74. The van der Waals surface area contributed by atoms with E-state index in [-0.39, 0.29) is 11.5 Å². The van der Waals surface area contributed by atoms with Gasteiger partial charge in [-0.1, -0.05) is 6.92 Å². The summed E-state index contributed by atoms with van der Waals surface area (Å²) in [6, 6.07) is 1.04. The van der Waals surface area contributed by atoms with Crippen LogP contribution in [0.4, 0.5) is 0 Å². The van der Waals surface area contributed by atoms with Gasteiger partial charge in [-0.25, -0.2) is 0 Å². The highest BCUT2D eigenvalue weighted by Crippen LogP contribution is 2.47. The van der Waals surface area contributed by atoms with Gasteiger partial charge in [-0.3, -0.25) is 0 Å². The number of hydrogen-bond acceptors (Lipinski definition) is 6. The first-order valence-corrected chi connectivity index (χ1v) is 5.49. The summed E-state index contributed by atoms with van der Waals surface area (Å²) in [6.07, 6.45) is 0.411. The van der Waals surface area contributed by atoms with Crippen LogP contribution in [-0.2, 0) is 16.8 Å². The van der Waals surface area contributed by atoms with Crippen molar-refractivity contribution < 1.29 is 27.0 Å². The minimum Gasteiger partial charge on any atom is -0.504 e. The van der Waals surface area contributed by atoms with E-state index in [1.165, 1.54) is 0 Å². The molecule has 0 aromatic heterocycles. The second-order valence-corrected chi connectivity index (χ2v) is 4.13. The molecule has 1 heterocycles. The molecule has 2 bridgehead atoms. The number of hydrogen-bond donors (Lipinski definition) is 2. The lowest BCUT2D eigenvalue weighted by molar-refractivity contribution is 0.338. The smallest absolute Gasteiger partial charge is 0.501 e. The summed E-state index contributed by atoms with van der Waals surface area (Å²) in [4.78, 5) is 0. The predicted molar refractivity (Wildman–Crippen MR) is 49.3 cm³/mol. The quantitative estimate of drug-likeness (QED) is 0.691. The van der Waals surface area contributed by atoms with Gasteiger partial charge in [0.25, 0.3) is 0 Å². The molecule has 1 aromatic rings. The number of phenols is 2. The minimum atomic E-state index is -4.17. The van der Waals surface area contributed by atoms with Gasteiger partial charge in [0.2, 0.25) is 5.75 Å². The second kappa shape index (κ2) is 2.93. The van der Waals surface area contributed by atoms with Gasteiger partial charge in [0.1, 0.15) is 0 Å². The summed E-state index contributed by atoms with van der Waals surface area (Å²) < 4.78 is 31.1. The molecule has 2 rings (SSSR count). The summed E-state index contributed by atoms with van der Waals surface area (Å²) in [7, 11) is -4.17. The Hall–Kier alpha value is -1.63. The zero-order valence-corrected chi connectivity index (χ0v) is 8.54. The van der Waals surface area contributed by atoms with Crippen molar-refractivity contribution in [1.82, 2.24) is 0 Å². The molecule has 0 saturated heterocycles. The highest BCUT2D eigenvalue weighted by atomic mass is 32.3.